The first-order valence-electron chi connectivity index (χ1n) is 7.98. The zero-order valence-electron chi connectivity index (χ0n) is 14.1. The minimum Gasteiger partial charge on any atom is -0.481 e. The van der Waals surface area contributed by atoms with E-state index in [0.717, 1.165) is 5.56 Å². The van der Waals surface area contributed by atoms with Gasteiger partial charge in [-0.25, -0.2) is 0 Å². The van der Waals surface area contributed by atoms with Crippen molar-refractivity contribution < 1.29 is 9.90 Å². The molecule has 0 radical (unpaired) electrons. The van der Waals surface area contributed by atoms with Gasteiger partial charge >= 0.3 is 5.97 Å². The zero-order chi connectivity index (χ0) is 18.2. The predicted octanol–water partition coefficient (Wildman–Crippen LogP) is 4.03. The summed E-state index contributed by atoms with van der Waals surface area (Å²) in [6, 6.07) is 10.9. The summed E-state index contributed by atoms with van der Waals surface area (Å²) in [5.74, 6) is 0.261. The van der Waals surface area contributed by atoms with Crippen molar-refractivity contribution >= 4 is 17.6 Å². The third kappa shape index (κ3) is 4.42. The second-order valence-electron chi connectivity index (χ2n) is 4.86. The van der Waals surface area contributed by atoms with E-state index < -0.39 is 5.97 Å². The first-order valence-corrected chi connectivity index (χ1v) is 8.36. The lowest BCUT2D eigenvalue weighted by molar-refractivity contribution is -0.137. The smallest absolute Gasteiger partial charge is 0.303 e. The van der Waals surface area contributed by atoms with Gasteiger partial charge in [0.2, 0.25) is 0 Å². The van der Waals surface area contributed by atoms with E-state index in [2.05, 4.69) is 15.2 Å². The molecule has 1 aromatic carbocycles. The third-order valence-electron chi connectivity index (χ3n) is 3.32. The van der Waals surface area contributed by atoms with Gasteiger partial charge in [-0.05, 0) is 24.3 Å². The van der Waals surface area contributed by atoms with Crippen LogP contribution in [0, 0.1) is 0 Å². The van der Waals surface area contributed by atoms with E-state index in [-0.39, 0.29) is 12.8 Å². The summed E-state index contributed by atoms with van der Waals surface area (Å²) < 4.78 is 1.79. The van der Waals surface area contributed by atoms with E-state index in [1.54, 1.807) is 23.0 Å². The molecule has 0 aliphatic rings. The SMILES string of the molecule is CC.O=C(O)CCc1nnc(-c2ccncc2)n1-c1ccccc1Cl. The van der Waals surface area contributed by atoms with Gasteiger partial charge in [0.15, 0.2) is 5.82 Å². The van der Waals surface area contributed by atoms with Gasteiger partial charge < -0.3 is 5.11 Å². The second kappa shape index (κ2) is 8.94. The second-order valence-corrected chi connectivity index (χ2v) is 5.26. The number of carboxylic acids is 1. The van der Waals surface area contributed by atoms with Crippen LogP contribution in [0.2, 0.25) is 5.02 Å². The molecule has 0 saturated carbocycles. The molecule has 3 aromatic rings. The number of nitrogens with zero attached hydrogens (tertiary/aromatic N) is 4. The maximum atomic E-state index is 10.9. The van der Waals surface area contributed by atoms with E-state index in [0.29, 0.717) is 22.4 Å². The van der Waals surface area contributed by atoms with Crippen molar-refractivity contribution in [3.63, 3.8) is 0 Å². The van der Waals surface area contributed by atoms with Crippen LogP contribution in [0.25, 0.3) is 17.1 Å². The molecule has 130 valence electrons. The van der Waals surface area contributed by atoms with E-state index >= 15 is 0 Å². The molecule has 0 amide bonds. The normalized spacial score (nSPS) is 10.0. The lowest BCUT2D eigenvalue weighted by atomic mass is 10.2. The first kappa shape index (κ1) is 18.6. The molecule has 0 aliphatic heterocycles. The number of halogens is 1. The molecule has 7 heteroatoms. The van der Waals surface area contributed by atoms with Crippen molar-refractivity contribution in [3.8, 4) is 17.1 Å². The standard InChI is InChI=1S/C16H13ClN4O2.C2H6/c17-12-3-1-2-4-13(12)21-14(5-6-15(22)23)19-20-16(21)11-7-9-18-10-8-11;1-2/h1-4,7-10H,5-6H2,(H,22,23);1-2H3. The average molecular weight is 359 g/mol. The maximum Gasteiger partial charge on any atom is 0.303 e. The Morgan fingerprint density at radius 3 is 2.44 bits per heavy atom. The number of aryl methyl sites for hydroxylation is 1. The van der Waals surface area contributed by atoms with Gasteiger partial charge in [0.25, 0.3) is 0 Å². The molecule has 0 aliphatic carbocycles. The Morgan fingerprint density at radius 2 is 1.80 bits per heavy atom. The van der Waals surface area contributed by atoms with Crippen molar-refractivity contribution in [1.29, 1.82) is 0 Å². The molecular weight excluding hydrogens is 340 g/mol. The van der Waals surface area contributed by atoms with E-state index in [1.807, 2.05) is 44.2 Å². The van der Waals surface area contributed by atoms with Crippen LogP contribution in [0.4, 0.5) is 0 Å². The minimum atomic E-state index is -0.885. The number of benzene rings is 1. The molecular formula is C18H19ClN4O2. The highest BCUT2D eigenvalue weighted by Gasteiger charge is 2.17. The number of carbonyl (C=O) groups is 1. The summed E-state index contributed by atoms with van der Waals surface area (Å²) in [6.45, 7) is 4.00. The van der Waals surface area contributed by atoms with Crippen LogP contribution >= 0.6 is 11.6 Å². The van der Waals surface area contributed by atoms with E-state index in [9.17, 15) is 4.79 Å². The molecule has 0 spiro atoms. The highest BCUT2D eigenvalue weighted by Crippen LogP contribution is 2.27. The molecule has 0 atom stereocenters. The molecule has 0 saturated heterocycles. The summed E-state index contributed by atoms with van der Waals surface area (Å²) in [5, 5.41) is 17.8. The monoisotopic (exact) mass is 358 g/mol. The molecule has 1 N–H and O–H groups in total. The average Bonchev–Trinajstić information content (AvgIpc) is 3.06. The number of para-hydroxylation sites is 1. The van der Waals surface area contributed by atoms with Gasteiger partial charge in [0.1, 0.15) is 5.82 Å². The predicted molar refractivity (Wildman–Crippen MR) is 96.9 cm³/mol. The number of hydrogen-bond donors (Lipinski definition) is 1. The van der Waals surface area contributed by atoms with Gasteiger partial charge in [-0.2, -0.15) is 0 Å². The van der Waals surface area contributed by atoms with Gasteiger partial charge in [0, 0.05) is 24.4 Å². The van der Waals surface area contributed by atoms with Gasteiger partial charge in [-0.1, -0.05) is 37.6 Å². The van der Waals surface area contributed by atoms with Crippen LogP contribution in [0.3, 0.4) is 0 Å². The molecule has 2 aromatic heterocycles. The van der Waals surface area contributed by atoms with Crippen LogP contribution in [-0.2, 0) is 11.2 Å². The van der Waals surface area contributed by atoms with Gasteiger partial charge in [-0.15, -0.1) is 10.2 Å². The molecule has 0 bridgehead atoms. The van der Waals surface area contributed by atoms with Crippen molar-refractivity contribution in [2.24, 2.45) is 0 Å². The van der Waals surface area contributed by atoms with Crippen LogP contribution in [0.5, 0.6) is 0 Å². The Kier molecular flexibility index (Phi) is 6.65. The molecule has 25 heavy (non-hydrogen) atoms. The summed E-state index contributed by atoms with van der Waals surface area (Å²) in [4.78, 5) is 14.9. The van der Waals surface area contributed by atoms with Crippen LogP contribution in [-0.4, -0.2) is 30.8 Å². The van der Waals surface area contributed by atoms with E-state index in [1.165, 1.54) is 0 Å². The number of rotatable bonds is 5. The molecule has 0 fully saturated rings. The summed E-state index contributed by atoms with van der Waals surface area (Å²) in [5.41, 5.74) is 1.54. The number of aliphatic carboxylic acids is 1. The largest absolute Gasteiger partial charge is 0.481 e. The van der Waals surface area contributed by atoms with Gasteiger partial charge in [-0.3, -0.25) is 14.3 Å². The molecule has 0 unspecified atom stereocenters. The van der Waals surface area contributed by atoms with Crippen molar-refractivity contribution in [3.05, 3.63) is 59.6 Å². The Bertz CT molecular complexity index is 834. The number of hydrogen-bond acceptors (Lipinski definition) is 4. The Hall–Kier alpha value is -2.73. The number of carboxylic acid groups (broad SMARTS) is 1. The maximum absolute atomic E-state index is 10.9. The van der Waals surface area contributed by atoms with Crippen molar-refractivity contribution in [1.82, 2.24) is 19.7 Å². The van der Waals surface area contributed by atoms with Crippen LogP contribution in [0.1, 0.15) is 26.1 Å². The Morgan fingerprint density at radius 1 is 1.12 bits per heavy atom. The first-order chi connectivity index (χ1) is 12.2. The fraction of sp³-hybridized carbons (Fsp3) is 0.222. The fourth-order valence-electron chi connectivity index (χ4n) is 2.27. The highest BCUT2D eigenvalue weighted by molar-refractivity contribution is 6.32. The zero-order valence-corrected chi connectivity index (χ0v) is 14.8. The van der Waals surface area contributed by atoms with Crippen LogP contribution < -0.4 is 0 Å². The third-order valence-corrected chi connectivity index (χ3v) is 3.64. The summed E-state index contributed by atoms with van der Waals surface area (Å²) in [6.07, 6.45) is 3.56. The van der Waals surface area contributed by atoms with Gasteiger partial charge in [0.05, 0.1) is 17.1 Å². The van der Waals surface area contributed by atoms with Crippen molar-refractivity contribution in [2.45, 2.75) is 26.7 Å². The highest BCUT2D eigenvalue weighted by atomic mass is 35.5. The lowest BCUT2D eigenvalue weighted by Gasteiger charge is -2.11. The topological polar surface area (TPSA) is 80.9 Å². The fourth-order valence-corrected chi connectivity index (χ4v) is 2.49. The lowest BCUT2D eigenvalue weighted by Crippen LogP contribution is -2.06. The Balaban J connectivity index is 0.00000109. The summed E-state index contributed by atoms with van der Waals surface area (Å²) >= 11 is 6.30. The quantitative estimate of drug-likeness (QED) is 0.744. The Labute approximate surface area is 151 Å². The molecule has 2 heterocycles. The number of aromatic nitrogens is 4. The molecule has 3 rings (SSSR count). The summed E-state index contributed by atoms with van der Waals surface area (Å²) in [7, 11) is 0. The minimum absolute atomic E-state index is 0.0288. The van der Waals surface area contributed by atoms with E-state index in [4.69, 9.17) is 16.7 Å². The van der Waals surface area contributed by atoms with Crippen molar-refractivity contribution in [2.75, 3.05) is 0 Å². The number of pyridine rings is 1. The van der Waals surface area contributed by atoms with Crippen LogP contribution in [0.15, 0.2) is 48.8 Å². The molecule has 6 nitrogen and oxygen atoms in total.